The van der Waals surface area contributed by atoms with Gasteiger partial charge in [-0.3, -0.25) is 4.79 Å². The Labute approximate surface area is 130 Å². The van der Waals surface area contributed by atoms with E-state index in [1.54, 1.807) is 11.3 Å². The number of aromatic nitrogens is 2. The van der Waals surface area contributed by atoms with Crippen LogP contribution >= 0.6 is 22.7 Å². The van der Waals surface area contributed by atoms with E-state index >= 15 is 0 Å². The van der Waals surface area contributed by atoms with Crippen molar-refractivity contribution in [3.8, 4) is 0 Å². The largest absolute Gasteiger partial charge is 0.382 e. The Kier molecular flexibility index (Phi) is 4.07. The summed E-state index contributed by atoms with van der Waals surface area (Å²) < 4.78 is 0. The van der Waals surface area contributed by atoms with Crippen molar-refractivity contribution < 1.29 is 4.79 Å². The van der Waals surface area contributed by atoms with Crippen LogP contribution in [0.1, 0.15) is 39.6 Å². The minimum Gasteiger partial charge on any atom is -0.382 e. The Morgan fingerprint density at radius 3 is 2.90 bits per heavy atom. The summed E-state index contributed by atoms with van der Waals surface area (Å²) in [6.07, 6.45) is 3.56. The average Bonchev–Trinajstić information content (AvgIpc) is 2.97. The van der Waals surface area contributed by atoms with Crippen LogP contribution in [0.5, 0.6) is 0 Å². The molecule has 2 aromatic rings. The van der Waals surface area contributed by atoms with Gasteiger partial charge in [-0.1, -0.05) is 11.3 Å². The van der Waals surface area contributed by atoms with Crippen LogP contribution in [0.4, 0.5) is 10.9 Å². The monoisotopic (exact) mass is 323 g/mol. The molecule has 112 valence electrons. The van der Waals surface area contributed by atoms with Crippen molar-refractivity contribution in [2.24, 2.45) is 0 Å². The van der Waals surface area contributed by atoms with E-state index in [1.807, 2.05) is 12.3 Å². The van der Waals surface area contributed by atoms with Gasteiger partial charge in [0.1, 0.15) is 10.7 Å². The maximum atomic E-state index is 12.2. The molecule has 1 saturated carbocycles. The molecule has 0 atom stereocenters. The van der Waals surface area contributed by atoms with E-state index < -0.39 is 0 Å². The highest BCUT2D eigenvalue weighted by molar-refractivity contribution is 7.18. The Balaban J connectivity index is 1.60. The van der Waals surface area contributed by atoms with Gasteiger partial charge in [0.05, 0.1) is 17.2 Å². The van der Waals surface area contributed by atoms with Gasteiger partial charge in [0.15, 0.2) is 5.13 Å². The Morgan fingerprint density at radius 1 is 1.48 bits per heavy atom. The van der Waals surface area contributed by atoms with Gasteiger partial charge < -0.3 is 16.4 Å². The minimum absolute atomic E-state index is 0.197. The summed E-state index contributed by atoms with van der Waals surface area (Å²) in [6, 6.07) is 0.476. The molecule has 0 saturated heterocycles. The number of hydrogen-bond donors (Lipinski definition) is 3. The molecule has 1 amide bonds. The highest BCUT2D eigenvalue weighted by atomic mass is 32.1. The van der Waals surface area contributed by atoms with E-state index in [-0.39, 0.29) is 11.7 Å². The number of rotatable bonds is 5. The number of thiazole rings is 2. The van der Waals surface area contributed by atoms with E-state index in [2.05, 4.69) is 20.6 Å². The molecule has 2 heterocycles. The van der Waals surface area contributed by atoms with Crippen molar-refractivity contribution in [2.75, 3.05) is 11.1 Å². The molecule has 0 radical (unpaired) electrons. The van der Waals surface area contributed by atoms with Gasteiger partial charge in [-0.2, -0.15) is 0 Å². The van der Waals surface area contributed by atoms with Crippen LogP contribution in [0.3, 0.4) is 0 Å². The van der Waals surface area contributed by atoms with Crippen LogP contribution < -0.4 is 16.4 Å². The SMILES string of the molecule is Cc1nc(CNC(=O)c2sc(NC3CCC3)nc2N)cs1. The first kappa shape index (κ1) is 14.3. The summed E-state index contributed by atoms with van der Waals surface area (Å²) in [7, 11) is 0. The number of nitrogens with two attached hydrogens (primary N) is 1. The van der Waals surface area contributed by atoms with Crippen LogP contribution in [0.25, 0.3) is 0 Å². The van der Waals surface area contributed by atoms with Crippen LogP contribution in [0.15, 0.2) is 5.38 Å². The summed E-state index contributed by atoms with van der Waals surface area (Å²) in [5.74, 6) is 0.0890. The first-order valence-electron chi connectivity index (χ1n) is 6.84. The number of hydrogen-bond acceptors (Lipinski definition) is 7. The molecular weight excluding hydrogens is 306 g/mol. The van der Waals surface area contributed by atoms with Crippen LogP contribution in [-0.4, -0.2) is 21.9 Å². The molecule has 6 nitrogen and oxygen atoms in total. The van der Waals surface area contributed by atoms with Gasteiger partial charge >= 0.3 is 0 Å². The maximum absolute atomic E-state index is 12.2. The Hall–Kier alpha value is -1.67. The van der Waals surface area contributed by atoms with Gasteiger partial charge in [-0.25, -0.2) is 9.97 Å². The van der Waals surface area contributed by atoms with Gasteiger partial charge in [0.25, 0.3) is 5.91 Å². The first-order chi connectivity index (χ1) is 10.1. The molecule has 1 fully saturated rings. The summed E-state index contributed by atoms with van der Waals surface area (Å²) in [4.78, 5) is 21.2. The number of nitrogens with zero attached hydrogens (tertiary/aromatic N) is 2. The number of anilines is 2. The molecule has 1 aliphatic carbocycles. The summed E-state index contributed by atoms with van der Waals surface area (Å²) >= 11 is 2.88. The maximum Gasteiger partial charge on any atom is 0.265 e. The van der Waals surface area contributed by atoms with Gasteiger partial charge in [-0.15, -0.1) is 11.3 Å². The van der Waals surface area contributed by atoms with Crippen molar-refractivity contribution in [1.29, 1.82) is 0 Å². The molecule has 3 rings (SSSR count). The molecule has 0 spiro atoms. The Morgan fingerprint density at radius 2 is 2.29 bits per heavy atom. The standard InChI is InChI=1S/C13H17N5OS2/c1-7-16-9(6-20-7)5-15-12(19)10-11(14)18-13(21-10)17-8-3-2-4-8/h6,8H,2-5,14H2,1H3,(H,15,19)(H,17,18). The van der Waals surface area contributed by atoms with Crippen molar-refractivity contribution in [2.45, 2.75) is 38.8 Å². The van der Waals surface area contributed by atoms with E-state index in [4.69, 9.17) is 5.73 Å². The zero-order valence-electron chi connectivity index (χ0n) is 11.7. The van der Waals surface area contributed by atoms with E-state index in [0.717, 1.165) is 28.7 Å². The third-order valence-electron chi connectivity index (χ3n) is 3.39. The summed E-state index contributed by atoms with van der Waals surface area (Å²) in [5, 5.41) is 9.80. The lowest BCUT2D eigenvalue weighted by molar-refractivity contribution is 0.0955. The molecule has 4 N–H and O–H groups in total. The van der Waals surface area contributed by atoms with E-state index in [0.29, 0.717) is 17.5 Å². The quantitative estimate of drug-likeness (QED) is 0.785. The van der Waals surface area contributed by atoms with E-state index in [9.17, 15) is 4.79 Å². The third-order valence-corrected chi connectivity index (χ3v) is 5.21. The zero-order chi connectivity index (χ0) is 14.8. The lowest BCUT2D eigenvalue weighted by atomic mass is 9.93. The zero-order valence-corrected chi connectivity index (χ0v) is 13.3. The fraction of sp³-hybridized carbons (Fsp3) is 0.462. The molecule has 8 heteroatoms. The second kappa shape index (κ2) is 5.98. The number of nitrogens with one attached hydrogen (secondary N) is 2. The average molecular weight is 323 g/mol. The lowest BCUT2D eigenvalue weighted by Crippen LogP contribution is -2.26. The van der Waals surface area contributed by atoms with Crippen LogP contribution in [0, 0.1) is 6.92 Å². The summed E-state index contributed by atoms with van der Waals surface area (Å²) in [6.45, 7) is 2.35. The second-order valence-electron chi connectivity index (χ2n) is 5.05. The number of nitrogen functional groups attached to an aromatic ring is 1. The van der Waals surface area contributed by atoms with Crippen molar-refractivity contribution in [3.63, 3.8) is 0 Å². The summed E-state index contributed by atoms with van der Waals surface area (Å²) in [5.41, 5.74) is 6.70. The van der Waals surface area contributed by atoms with Gasteiger partial charge in [0.2, 0.25) is 0 Å². The molecule has 0 unspecified atom stereocenters. The van der Waals surface area contributed by atoms with Crippen LogP contribution in [-0.2, 0) is 6.54 Å². The number of carbonyl (C=O) groups is 1. The predicted molar refractivity (Wildman–Crippen MR) is 85.8 cm³/mol. The number of carbonyl (C=O) groups excluding carboxylic acids is 1. The fourth-order valence-corrected chi connectivity index (χ4v) is 3.51. The van der Waals surface area contributed by atoms with Crippen molar-refractivity contribution in [1.82, 2.24) is 15.3 Å². The predicted octanol–water partition coefficient (Wildman–Crippen LogP) is 2.38. The minimum atomic E-state index is -0.197. The van der Waals surface area contributed by atoms with E-state index in [1.165, 1.54) is 17.8 Å². The Bertz CT molecular complexity index is 647. The fourth-order valence-electron chi connectivity index (χ4n) is 2.02. The molecule has 1 aliphatic rings. The van der Waals surface area contributed by atoms with Crippen LogP contribution in [0.2, 0.25) is 0 Å². The van der Waals surface area contributed by atoms with Gasteiger partial charge in [0, 0.05) is 11.4 Å². The van der Waals surface area contributed by atoms with Crippen molar-refractivity contribution >= 4 is 39.5 Å². The molecule has 0 aromatic carbocycles. The first-order valence-corrected chi connectivity index (χ1v) is 8.53. The second-order valence-corrected chi connectivity index (χ2v) is 7.11. The number of aryl methyl sites for hydroxylation is 1. The molecular formula is C13H17N5OS2. The normalized spacial score (nSPS) is 14.7. The smallest absolute Gasteiger partial charge is 0.265 e. The highest BCUT2D eigenvalue weighted by Crippen LogP contribution is 2.29. The molecule has 0 bridgehead atoms. The third kappa shape index (κ3) is 3.33. The molecule has 2 aromatic heterocycles. The molecule has 21 heavy (non-hydrogen) atoms. The topological polar surface area (TPSA) is 92.9 Å². The van der Waals surface area contributed by atoms with Crippen molar-refractivity contribution in [3.05, 3.63) is 21.0 Å². The number of amides is 1. The highest BCUT2D eigenvalue weighted by Gasteiger charge is 2.21. The lowest BCUT2D eigenvalue weighted by Gasteiger charge is -2.25. The van der Waals surface area contributed by atoms with Gasteiger partial charge in [-0.05, 0) is 26.2 Å². The molecule has 0 aliphatic heterocycles.